The number of pyridine rings is 1. The van der Waals surface area contributed by atoms with Gasteiger partial charge < -0.3 is 0 Å². The van der Waals surface area contributed by atoms with Gasteiger partial charge in [-0.25, -0.2) is 4.98 Å². The molecule has 0 saturated carbocycles. The molecule has 5 aromatic carbocycles. The summed E-state index contributed by atoms with van der Waals surface area (Å²) >= 11 is 1.79. The lowest BCUT2D eigenvalue weighted by Gasteiger charge is -2.22. The molecular weight excluding hydrogens is 502 g/mol. The van der Waals surface area contributed by atoms with E-state index >= 15 is 0 Å². The Bertz CT molecular complexity index is 2080. The highest BCUT2D eigenvalue weighted by Crippen LogP contribution is 2.49. The fourth-order valence-corrected chi connectivity index (χ4v) is 7.64. The van der Waals surface area contributed by atoms with E-state index in [1.807, 2.05) is 6.07 Å². The molecule has 0 unspecified atom stereocenters. The maximum atomic E-state index is 5.07. The second-order valence-corrected chi connectivity index (χ2v) is 12.2. The number of benzene rings is 5. The van der Waals surface area contributed by atoms with Gasteiger partial charge in [-0.15, -0.1) is 11.3 Å². The minimum atomic E-state index is -0.00613. The summed E-state index contributed by atoms with van der Waals surface area (Å²) in [6, 6.07) is 46.3. The van der Waals surface area contributed by atoms with Crippen molar-refractivity contribution in [1.82, 2.24) is 4.98 Å². The van der Waals surface area contributed by atoms with Crippen LogP contribution in [0.25, 0.3) is 64.9 Å². The zero-order chi connectivity index (χ0) is 26.8. The summed E-state index contributed by atoms with van der Waals surface area (Å²) in [5.74, 6) is 0. The third kappa shape index (κ3) is 3.50. The van der Waals surface area contributed by atoms with Crippen LogP contribution in [0.5, 0.6) is 0 Å². The van der Waals surface area contributed by atoms with E-state index in [4.69, 9.17) is 4.98 Å². The average Bonchev–Trinajstić information content (AvgIpc) is 3.49. The van der Waals surface area contributed by atoms with Crippen molar-refractivity contribution < 1.29 is 0 Å². The van der Waals surface area contributed by atoms with E-state index in [9.17, 15) is 0 Å². The summed E-state index contributed by atoms with van der Waals surface area (Å²) < 4.78 is 1.29. The Morgan fingerprint density at radius 3 is 2.10 bits per heavy atom. The van der Waals surface area contributed by atoms with E-state index in [1.54, 1.807) is 11.3 Å². The Hall–Kier alpha value is -4.53. The molecule has 0 amide bonds. The molecule has 8 rings (SSSR count). The number of thiophene rings is 1. The zero-order valence-electron chi connectivity index (χ0n) is 22.5. The van der Waals surface area contributed by atoms with Crippen molar-refractivity contribution in [2.75, 3.05) is 0 Å². The number of hydrogen-bond acceptors (Lipinski definition) is 2. The maximum absolute atomic E-state index is 5.07. The van der Waals surface area contributed by atoms with Crippen molar-refractivity contribution in [1.29, 1.82) is 0 Å². The van der Waals surface area contributed by atoms with Crippen molar-refractivity contribution in [3.05, 3.63) is 139 Å². The predicted octanol–water partition coefficient (Wildman–Crippen LogP) is 10.8. The summed E-state index contributed by atoms with van der Waals surface area (Å²) in [6.45, 7) is 4.69. The van der Waals surface area contributed by atoms with Crippen molar-refractivity contribution in [3.63, 3.8) is 0 Å². The van der Waals surface area contributed by atoms with Crippen LogP contribution in [0, 0.1) is 0 Å². The van der Waals surface area contributed by atoms with Crippen LogP contribution < -0.4 is 0 Å². The molecule has 0 saturated heterocycles. The highest BCUT2D eigenvalue weighted by atomic mass is 32.1. The lowest BCUT2D eigenvalue weighted by molar-refractivity contribution is 0.660. The van der Waals surface area contributed by atoms with E-state index in [1.165, 1.54) is 60.0 Å². The number of hydrogen-bond donors (Lipinski definition) is 0. The molecule has 1 aliphatic rings. The summed E-state index contributed by atoms with van der Waals surface area (Å²) in [5.41, 5.74) is 12.7. The van der Waals surface area contributed by atoms with Crippen LogP contribution >= 0.6 is 11.3 Å². The van der Waals surface area contributed by atoms with Gasteiger partial charge in [-0.3, -0.25) is 0 Å². The standard InChI is InChI=1S/C38H27NS/c1-38(2)33-17-7-6-14-29(33)30-19-18-26(23-34(30)38)25-12-8-13-27(22-25)28-15-9-16-31-32-20-21-35(24-10-4-3-5-11-24)39-37(32)40-36(28)31/h3-23H,1-2H3. The minimum absolute atomic E-state index is 0.00613. The van der Waals surface area contributed by atoms with Crippen LogP contribution in [0.4, 0.5) is 0 Å². The molecule has 190 valence electrons. The van der Waals surface area contributed by atoms with Gasteiger partial charge >= 0.3 is 0 Å². The van der Waals surface area contributed by atoms with Crippen LogP contribution in [0.3, 0.4) is 0 Å². The van der Waals surface area contributed by atoms with Crippen LogP contribution in [-0.2, 0) is 5.41 Å². The van der Waals surface area contributed by atoms with Crippen LogP contribution in [0.15, 0.2) is 127 Å². The molecule has 7 aromatic rings. The van der Waals surface area contributed by atoms with Crippen LogP contribution in [-0.4, -0.2) is 4.98 Å². The summed E-state index contributed by atoms with van der Waals surface area (Å²) in [6.07, 6.45) is 0. The van der Waals surface area contributed by atoms with Gasteiger partial charge in [0.25, 0.3) is 0 Å². The van der Waals surface area contributed by atoms with E-state index < -0.39 is 0 Å². The molecule has 2 heterocycles. The molecule has 0 aliphatic heterocycles. The Labute approximate surface area is 238 Å². The number of fused-ring (bicyclic) bond motifs is 6. The molecule has 2 heteroatoms. The Balaban J connectivity index is 1.23. The van der Waals surface area contributed by atoms with Crippen molar-refractivity contribution in [2.24, 2.45) is 0 Å². The van der Waals surface area contributed by atoms with Gasteiger partial charge in [-0.2, -0.15) is 0 Å². The molecule has 1 aliphatic carbocycles. The first kappa shape index (κ1) is 23.4. The lowest BCUT2D eigenvalue weighted by atomic mass is 9.81. The third-order valence-corrected chi connectivity index (χ3v) is 9.67. The van der Waals surface area contributed by atoms with Crippen LogP contribution in [0.2, 0.25) is 0 Å². The van der Waals surface area contributed by atoms with Gasteiger partial charge in [0.2, 0.25) is 0 Å². The third-order valence-electron chi connectivity index (χ3n) is 8.52. The predicted molar refractivity (Wildman–Crippen MR) is 171 cm³/mol. The Kier molecular flexibility index (Phi) is 5.11. The van der Waals surface area contributed by atoms with E-state index in [-0.39, 0.29) is 5.41 Å². The fraction of sp³-hybridized carbons (Fsp3) is 0.0789. The van der Waals surface area contributed by atoms with Gasteiger partial charge in [0.05, 0.1) is 5.69 Å². The summed E-state index contributed by atoms with van der Waals surface area (Å²) in [7, 11) is 0. The van der Waals surface area contributed by atoms with E-state index in [0.29, 0.717) is 0 Å². The molecule has 40 heavy (non-hydrogen) atoms. The highest BCUT2D eigenvalue weighted by molar-refractivity contribution is 7.26. The molecule has 0 fully saturated rings. The molecule has 0 bridgehead atoms. The normalized spacial score (nSPS) is 13.4. The van der Waals surface area contributed by atoms with Crippen molar-refractivity contribution in [3.8, 4) is 44.6 Å². The minimum Gasteiger partial charge on any atom is -0.237 e. The Morgan fingerprint density at radius 2 is 1.20 bits per heavy atom. The molecule has 0 atom stereocenters. The fourth-order valence-electron chi connectivity index (χ4n) is 6.43. The van der Waals surface area contributed by atoms with Gasteiger partial charge in [0, 0.05) is 26.5 Å². The second-order valence-electron chi connectivity index (χ2n) is 11.2. The zero-order valence-corrected chi connectivity index (χ0v) is 23.3. The van der Waals surface area contributed by atoms with Crippen LogP contribution in [0.1, 0.15) is 25.0 Å². The molecular formula is C38H27NS. The summed E-state index contributed by atoms with van der Waals surface area (Å²) in [4.78, 5) is 6.15. The average molecular weight is 530 g/mol. The van der Waals surface area contributed by atoms with Crippen molar-refractivity contribution in [2.45, 2.75) is 19.3 Å². The molecule has 1 nitrogen and oxygen atoms in total. The monoisotopic (exact) mass is 529 g/mol. The largest absolute Gasteiger partial charge is 0.237 e. The smallest absolute Gasteiger partial charge is 0.125 e. The quantitative estimate of drug-likeness (QED) is 0.222. The first-order chi connectivity index (χ1) is 19.6. The lowest BCUT2D eigenvalue weighted by Crippen LogP contribution is -2.14. The number of nitrogens with zero attached hydrogens (tertiary/aromatic N) is 1. The Morgan fingerprint density at radius 1 is 0.500 bits per heavy atom. The topological polar surface area (TPSA) is 12.9 Å². The van der Waals surface area contributed by atoms with Crippen molar-refractivity contribution >= 4 is 31.6 Å². The van der Waals surface area contributed by atoms with E-state index in [2.05, 4.69) is 135 Å². The van der Waals surface area contributed by atoms with Gasteiger partial charge in [0.1, 0.15) is 4.83 Å². The van der Waals surface area contributed by atoms with Gasteiger partial charge in [-0.05, 0) is 68.8 Å². The number of aromatic nitrogens is 1. The second kappa shape index (κ2) is 8.74. The summed E-state index contributed by atoms with van der Waals surface area (Å²) in [5, 5.41) is 2.49. The van der Waals surface area contributed by atoms with E-state index in [0.717, 1.165) is 16.1 Å². The number of rotatable bonds is 3. The first-order valence-corrected chi connectivity index (χ1v) is 14.6. The molecule has 2 aromatic heterocycles. The first-order valence-electron chi connectivity index (χ1n) is 13.8. The maximum Gasteiger partial charge on any atom is 0.125 e. The van der Waals surface area contributed by atoms with Gasteiger partial charge in [-0.1, -0.05) is 117 Å². The molecule has 0 spiro atoms. The SMILES string of the molecule is CC1(C)c2ccccc2-c2ccc(-c3cccc(-c4cccc5c4sc4nc(-c6ccccc6)ccc45)c3)cc21. The molecule has 0 N–H and O–H groups in total. The van der Waals surface area contributed by atoms with Gasteiger partial charge in [0.15, 0.2) is 0 Å². The highest BCUT2D eigenvalue weighted by Gasteiger charge is 2.35. The molecule has 0 radical (unpaired) electrons.